The van der Waals surface area contributed by atoms with E-state index >= 15 is 0 Å². The average Bonchev–Trinajstić information content (AvgIpc) is 3.38. The van der Waals surface area contributed by atoms with Gasteiger partial charge in [0.1, 0.15) is 35.9 Å². The molecule has 1 saturated heterocycles. The number of aryl methyl sites for hydroxylation is 2. The number of anilines is 3. The van der Waals surface area contributed by atoms with Gasteiger partial charge in [-0.1, -0.05) is 0 Å². The van der Waals surface area contributed by atoms with Crippen molar-refractivity contribution in [3.8, 4) is 5.75 Å². The maximum absolute atomic E-state index is 11.7. The highest BCUT2D eigenvalue weighted by Gasteiger charge is 2.23. The summed E-state index contributed by atoms with van der Waals surface area (Å²) in [5.74, 6) is 1.26. The summed E-state index contributed by atoms with van der Waals surface area (Å²) in [7, 11) is 0. The van der Waals surface area contributed by atoms with Gasteiger partial charge in [0.15, 0.2) is 0 Å². The summed E-state index contributed by atoms with van der Waals surface area (Å²) in [6.07, 6.45) is 6.95. The molecule has 0 atom stereocenters. The second-order valence-corrected chi connectivity index (χ2v) is 8.89. The van der Waals surface area contributed by atoms with Gasteiger partial charge < -0.3 is 30.8 Å². The average molecular weight is 453 g/mol. The molecule has 2 aromatic heterocycles. The number of hydrogen-bond acceptors (Lipinski definition) is 9. The number of nitrogens with one attached hydrogen (secondary N) is 2. The molecule has 32 heavy (non-hydrogen) atoms. The Morgan fingerprint density at radius 3 is 3.00 bits per heavy atom. The van der Waals surface area contributed by atoms with E-state index in [0.29, 0.717) is 49.0 Å². The van der Waals surface area contributed by atoms with E-state index in [1.165, 1.54) is 29.5 Å². The predicted octanol–water partition coefficient (Wildman–Crippen LogP) is 3.72. The number of aromatic nitrogens is 2. The van der Waals surface area contributed by atoms with Crippen LogP contribution in [0.3, 0.4) is 0 Å². The number of hydrogen-bond donors (Lipinski definition) is 3. The zero-order valence-electron chi connectivity index (χ0n) is 17.5. The fraction of sp³-hybridized carbons (Fsp3) is 0.364. The van der Waals surface area contributed by atoms with Gasteiger partial charge in [-0.05, 0) is 37.3 Å². The molecule has 10 heteroatoms. The summed E-state index contributed by atoms with van der Waals surface area (Å²) in [6, 6.07) is 3.49. The van der Waals surface area contributed by atoms with Crippen molar-refractivity contribution in [2.24, 2.45) is 0 Å². The SMILES string of the molecule is N=Cc1cc(Nc2ncnc3sc4c(c23)CCCC4)c(OCCN2CCOC2=O)cc1N. The molecule has 166 valence electrons. The van der Waals surface area contributed by atoms with Crippen LogP contribution in [0, 0.1) is 5.41 Å². The van der Waals surface area contributed by atoms with Gasteiger partial charge in [-0.15, -0.1) is 11.3 Å². The number of carbonyl (C=O) groups is 1. The molecule has 0 saturated carbocycles. The van der Waals surface area contributed by atoms with Gasteiger partial charge in [0.25, 0.3) is 0 Å². The molecular formula is C22H24N6O3S. The number of carbonyl (C=O) groups excluding carboxylic acids is 1. The fourth-order valence-electron chi connectivity index (χ4n) is 4.16. The number of benzene rings is 1. The second-order valence-electron chi connectivity index (χ2n) is 7.81. The maximum atomic E-state index is 11.7. The molecule has 1 amide bonds. The minimum Gasteiger partial charge on any atom is -0.489 e. The third-order valence-electron chi connectivity index (χ3n) is 5.81. The van der Waals surface area contributed by atoms with Crippen molar-refractivity contribution >= 4 is 51.1 Å². The number of rotatable bonds is 7. The van der Waals surface area contributed by atoms with E-state index in [2.05, 4.69) is 15.3 Å². The first-order chi connectivity index (χ1) is 15.6. The van der Waals surface area contributed by atoms with Gasteiger partial charge in [-0.3, -0.25) is 0 Å². The lowest BCUT2D eigenvalue weighted by molar-refractivity contribution is 0.153. The molecule has 9 nitrogen and oxygen atoms in total. The number of thiophene rings is 1. The van der Waals surface area contributed by atoms with Gasteiger partial charge in [0.05, 0.1) is 24.2 Å². The van der Waals surface area contributed by atoms with Gasteiger partial charge >= 0.3 is 6.09 Å². The molecule has 2 aliphatic rings. The fourth-order valence-corrected chi connectivity index (χ4v) is 5.39. The van der Waals surface area contributed by atoms with Crippen molar-refractivity contribution in [1.29, 1.82) is 5.41 Å². The molecule has 1 aliphatic carbocycles. The standard InChI is InChI=1S/C22H24N6O3S/c23-11-13-9-16(17(10-15(13)24)30-7-5-28-6-8-31-22(28)29)27-20-19-14-3-1-2-4-18(14)32-21(19)26-12-25-20/h9-12,23H,1-8,24H2,(H,25,26,27). The largest absolute Gasteiger partial charge is 0.489 e. The topological polar surface area (TPSA) is 126 Å². The summed E-state index contributed by atoms with van der Waals surface area (Å²) < 4.78 is 11.0. The molecule has 0 radical (unpaired) electrons. The molecule has 1 aromatic carbocycles. The number of nitrogen functional groups attached to an aromatic ring is 1. The minimum atomic E-state index is -0.323. The Kier molecular flexibility index (Phi) is 5.52. The molecule has 3 heterocycles. The summed E-state index contributed by atoms with van der Waals surface area (Å²) in [4.78, 5) is 24.6. The van der Waals surface area contributed by atoms with Gasteiger partial charge in [-0.2, -0.15) is 0 Å². The van der Waals surface area contributed by atoms with Crippen molar-refractivity contribution in [1.82, 2.24) is 14.9 Å². The Morgan fingerprint density at radius 1 is 1.31 bits per heavy atom. The first-order valence-electron chi connectivity index (χ1n) is 10.6. The summed E-state index contributed by atoms with van der Waals surface area (Å²) in [5.41, 5.74) is 9.13. The van der Waals surface area contributed by atoms with Crippen LogP contribution in [0.4, 0.5) is 22.0 Å². The number of ether oxygens (including phenoxy) is 2. The van der Waals surface area contributed by atoms with E-state index in [9.17, 15) is 4.79 Å². The normalized spacial score (nSPS) is 15.5. The van der Waals surface area contributed by atoms with Crippen LogP contribution >= 0.6 is 11.3 Å². The van der Waals surface area contributed by atoms with Crippen LogP contribution in [0.1, 0.15) is 28.8 Å². The third-order valence-corrected chi connectivity index (χ3v) is 7.01. The highest BCUT2D eigenvalue weighted by Crippen LogP contribution is 2.40. The lowest BCUT2D eigenvalue weighted by Crippen LogP contribution is -2.29. The third kappa shape index (κ3) is 3.81. The van der Waals surface area contributed by atoms with E-state index in [0.717, 1.165) is 28.9 Å². The quantitative estimate of drug-likeness (QED) is 0.368. The second kappa shape index (κ2) is 8.62. The molecule has 0 unspecified atom stereocenters. The first-order valence-corrected chi connectivity index (χ1v) is 11.5. The van der Waals surface area contributed by atoms with Crippen LogP contribution in [0.15, 0.2) is 18.5 Å². The smallest absolute Gasteiger partial charge is 0.410 e. The summed E-state index contributed by atoms with van der Waals surface area (Å²) >= 11 is 1.74. The molecule has 5 rings (SSSR count). The molecule has 1 fully saturated rings. The number of cyclic esters (lactones) is 1. The Hall–Kier alpha value is -3.40. The van der Waals surface area contributed by atoms with Crippen molar-refractivity contribution in [3.05, 3.63) is 34.5 Å². The Morgan fingerprint density at radius 2 is 2.19 bits per heavy atom. The zero-order chi connectivity index (χ0) is 22.1. The van der Waals surface area contributed by atoms with E-state index in [4.69, 9.17) is 20.6 Å². The van der Waals surface area contributed by atoms with Crippen LogP contribution in [0.2, 0.25) is 0 Å². The maximum Gasteiger partial charge on any atom is 0.410 e. The van der Waals surface area contributed by atoms with E-state index in [1.54, 1.807) is 34.7 Å². The van der Waals surface area contributed by atoms with Crippen molar-refractivity contribution < 1.29 is 14.3 Å². The van der Waals surface area contributed by atoms with Crippen LogP contribution < -0.4 is 15.8 Å². The number of amides is 1. The highest BCUT2D eigenvalue weighted by molar-refractivity contribution is 7.19. The molecule has 4 N–H and O–H groups in total. The van der Waals surface area contributed by atoms with E-state index in [1.807, 2.05) is 0 Å². The molecule has 3 aromatic rings. The van der Waals surface area contributed by atoms with Crippen molar-refractivity contribution in [3.63, 3.8) is 0 Å². The van der Waals surface area contributed by atoms with Crippen LogP contribution in [-0.2, 0) is 17.6 Å². The Balaban J connectivity index is 1.45. The van der Waals surface area contributed by atoms with E-state index in [-0.39, 0.29) is 6.09 Å². The monoisotopic (exact) mass is 452 g/mol. The van der Waals surface area contributed by atoms with Gasteiger partial charge in [0, 0.05) is 28.4 Å². The number of fused-ring (bicyclic) bond motifs is 3. The Bertz CT molecular complexity index is 1190. The van der Waals surface area contributed by atoms with Crippen molar-refractivity contribution in [2.75, 3.05) is 37.4 Å². The molecular weight excluding hydrogens is 428 g/mol. The molecule has 0 bridgehead atoms. The number of nitrogens with zero attached hydrogens (tertiary/aromatic N) is 3. The predicted molar refractivity (Wildman–Crippen MR) is 124 cm³/mol. The van der Waals surface area contributed by atoms with Crippen molar-refractivity contribution in [2.45, 2.75) is 25.7 Å². The van der Waals surface area contributed by atoms with Gasteiger partial charge in [-0.25, -0.2) is 14.8 Å². The minimum absolute atomic E-state index is 0.292. The van der Waals surface area contributed by atoms with Crippen LogP contribution in [0.5, 0.6) is 5.75 Å². The van der Waals surface area contributed by atoms with Crippen LogP contribution in [-0.4, -0.2) is 53.5 Å². The molecule has 1 aliphatic heterocycles. The summed E-state index contributed by atoms with van der Waals surface area (Å²) in [6.45, 7) is 1.67. The highest BCUT2D eigenvalue weighted by atomic mass is 32.1. The summed E-state index contributed by atoms with van der Waals surface area (Å²) in [5, 5.41) is 12.1. The lowest BCUT2D eigenvalue weighted by atomic mass is 9.97. The Labute approximate surface area is 189 Å². The van der Waals surface area contributed by atoms with Gasteiger partial charge in [0.2, 0.25) is 0 Å². The lowest BCUT2D eigenvalue weighted by Gasteiger charge is -2.18. The van der Waals surface area contributed by atoms with E-state index < -0.39 is 0 Å². The van der Waals surface area contributed by atoms with Crippen LogP contribution in [0.25, 0.3) is 10.2 Å². The zero-order valence-corrected chi connectivity index (χ0v) is 18.3. The first kappa shape index (κ1) is 20.5. The molecule has 0 spiro atoms. The number of nitrogens with two attached hydrogens (primary N) is 1.